The van der Waals surface area contributed by atoms with Crippen molar-refractivity contribution in [3.63, 3.8) is 0 Å². The Hall–Kier alpha value is -1.17. The molecule has 1 aromatic rings. The molecule has 2 rings (SSSR count). The molecule has 0 amide bonds. The van der Waals surface area contributed by atoms with Crippen molar-refractivity contribution in [1.82, 2.24) is 4.98 Å². The standard InChI is InChI=1S/C12H18N2O3S/c1-2-16-11(15)10-8-17-12(14-10)13-7-9-3-5-18-6-4-9/h8-9H,2-7H2,1H3,(H,13,14). The number of ether oxygens (including phenoxy) is 1. The van der Waals surface area contributed by atoms with E-state index in [9.17, 15) is 4.79 Å². The Morgan fingerprint density at radius 2 is 2.39 bits per heavy atom. The molecule has 0 aliphatic carbocycles. The molecular formula is C12H18N2O3S. The molecule has 0 bridgehead atoms. The lowest BCUT2D eigenvalue weighted by Gasteiger charge is -2.20. The Labute approximate surface area is 111 Å². The zero-order chi connectivity index (χ0) is 12.8. The van der Waals surface area contributed by atoms with Crippen LogP contribution in [0.3, 0.4) is 0 Å². The summed E-state index contributed by atoms with van der Waals surface area (Å²) in [4.78, 5) is 15.4. The summed E-state index contributed by atoms with van der Waals surface area (Å²) >= 11 is 2.01. The zero-order valence-electron chi connectivity index (χ0n) is 10.5. The van der Waals surface area contributed by atoms with Crippen LogP contribution in [0.15, 0.2) is 10.7 Å². The number of hydrogen-bond acceptors (Lipinski definition) is 6. The summed E-state index contributed by atoms with van der Waals surface area (Å²) in [5, 5.41) is 3.14. The molecule has 5 nitrogen and oxygen atoms in total. The summed E-state index contributed by atoms with van der Waals surface area (Å²) in [5.74, 6) is 2.69. The van der Waals surface area contributed by atoms with Crippen LogP contribution in [0.2, 0.25) is 0 Å². The Bertz CT molecular complexity index is 388. The number of carbonyl (C=O) groups excluding carboxylic acids is 1. The zero-order valence-corrected chi connectivity index (χ0v) is 11.3. The van der Waals surface area contributed by atoms with Gasteiger partial charge in [-0.1, -0.05) is 0 Å². The van der Waals surface area contributed by atoms with E-state index in [2.05, 4.69) is 10.3 Å². The van der Waals surface area contributed by atoms with Crippen molar-refractivity contribution in [2.45, 2.75) is 19.8 Å². The second-order valence-electron chi connectivity index (χ2n) is 4.20. The van der Waals surface area contributed by atoms with E-state index in [4.69, 9.17) is 9.15 Å². The first-order valence-corrected chi connectivity index (χ1v) is 7.39. The average Bonchev–Trinajstić information content (AvgIpc) is 2.87. The predicted molar refractivity (Wildman–Crippen MR) is 71.0 cm³/mol. The third kappa shape index (κ3) is 3.66. The molecule has 1 aromatic heterocycles. The van der Waals surface area contributed by atoms with Gasteiger partial charge in [0.15, 0.2) is 5.69 Å². The van der Waals surface area contributed by atoms with Crippen LogP contribution in [0.5, 0.6) is 0 Å². The van der Waals surface area contributed by atoms with Gasteiger partial charge in [0.1, 0.15) is 6.26 Å². The third-order valence-electron chi connectivity index (χ3n) is 2.87. The third-order valence-corrected chi connectivity index (χ3v) is 3.92. The molecule has 1 fully saturated rings. The summed E-state index contributed by atoms with van der Waals surface area (Å²) in [6.07, 6.45) is 3.78. The number of hydrogen-bond donors (Lipinski definition) is 1. The van der Waals surface area contributed by atoms with Crippen LogP contribution in [0.1, 0.15) is 30.3 Å². The van der Waals surface area contributed by atoms with E-state index in [-0.39, 0.29) is 5.69 Å². The number of anilines is 1. The molecule has 1 saturated heterocycles. The molecule has 100 valence electrons. The van der Waals surface area contributed by atoms with Gasteiger partial charge in [-0.3, -0.25) is 0 Å². The molecule has 0 saturated carbocycles. The number of thioether (sulfide) groups is 1. The molecule has 0 atom stereocenters. The summed E-state index contributed by atoms with van der Waals surface area (Å²) in [6, 6.07) is 0.399. The van der Waals surface area contributed by atoms with Gasteiger partial charge < -0.3 is 14.5 Å². The van der Waals surface area contributed by atoms with E-state index < -0.39 is 5.97 Å². The average molecular weight is 270 g/mol. The van der Waals surface area contributed by atoms with Gasteiger partial charge in [-0.15, -0.1) is 0 Å². The normalized spacial score (nSPS) is 16.5. The number of oxazole rings is 1. The van der Waals surface area contributed by atoms with Crippen molar-refractivity contribution >= 4 is 23.7 Å². The van der Waals surface area contributed by atoms with Gasteiger partial charge in [-0.2, -0.15) is 16.7 Å². The summed E-state index contributed by atoms with van der Waals surface area (Å²) in [5.41, 5.74) is 0.221. The van der Waals surface area contributed by atoms with E-state index in [1.165, 1.54) is 30.6 Å². The largest absolute Gasteiger partial charge is 0.461 e. The lowest BCUT2D eigenvalue weighted by molar-refractivity contribution is 0.0519. The fourth-order valence-corrected chi connectivity index (χ4v) is 3.04. The van der Waals surface area contributed by atoms with Gasteiger partial charge in [0.2, 0.25) is 0 Å². The number of aromatic nitrogens is 1. The number of esters is 1. The minimum Gasteiger partial charge on any atom is -0.461 e. The van der Waals surface area contributed by atoms with Crippen molar-refractivity contribution in [2.75, 3.05) is 30.0 Å². The van der Waals surface area contributed by atoms with Crippen LogP contribution < -0.4 is 5.32 Å². The van der Waals surface area contributed by atoms with E-state index >= 15 is 0 Å². The fraction of sp³-hybridized carbons (Fsp3) is 0.667. The Balaban J connectivity index is 1.80. The molecule has 0 spiro atoms. The predicted octanol–water partition coefficient (Wildman–Crippen LogP) is 2.41. The minimum absolute atomic E-state index is 0.221. The molecule has 1 aliphatic rings. The highest BCUT2D eigenvalue weighted by atomic mass is 32.2. The van der Waals surface area contributed by atoms with E-state index in [0.29, 0.717) is 18.5 Å². The van der Waals surface area contributed by atoms with Gasteiger partial charge in [-0.25, -0.2) is 4.79 Å². The molecule has 0 unspecified atom stereocenters. The second kappa shape index (κ2) is 6.68. The maximum absolute atomic E-state index is 11.4. The molecule has 0 radical (unpaired) electrons. The van der Waals surface area contributed by atoms with Crippen LogP contribution in [-0.4, -0.2) is 35.6 Å². The van der Waals surface area contributed by atoms with Crippen molar-refractivity contribution in [3.05, 3.63) is 12.0 Å². The van der Waals surface area contributed by atoms with Crippen LogP contribution in [0, 0.1) is 5.92 Å². The Morgan fingerprint density at radius 3 is 3.11 bits per heavy atom. The van der Waals surface area contributed by atoms with Crippen molar-refractivity contribution in [2.24, 2.45) is 5.92 Å². The summed E-state index contributed by atoms with van der Waals surface area (Å²) < 4.78 is 10.0. The first kappa shape index (κ1) is 13.3. The maximum Gasteiger partial charge on any atom is 0.360 e. The van der Waals surface area contributed by atoms with Gasteiger partial charge in [-0.05, 0) is 37.2 Å². The van der Waals surface area contributed by atoms with E-state index in [1.807, 2.05) is 11.8 Å². The quantitative estimate of drug-likeness (QED) is 0.829. The number of nitrogens with zero attached hydrogens (tertiary/aromatic N) is 1. The lowest BCUT2D eigenvalue weighted by Crippen LogP contribution is -2.19. The topological polar surface area (TPSA) is 64.4 Å². The molecule has 6 heteroatoms. The van der Waals surface area contributed by atoms with E-state index in [0.717, 1.165) is 6.54 Å². The van der Waals surface area contributed by atoms with Gasteiger partial charge >= 0.3 is 5.97 Å². The van der Waals surface area contributed by atoms with Crippen LogP contribution in [0.25, 0.3) is 0 Å². The number of nitrogens with one attached hydrogen (secondary N) is 1. The molecule has 1 N–H and O–H groups in total. The van der Waals surface area contributed by atoms with Gasteiger partial charge in [0.05, 0.1) is 6.61 Å². The lowest BCUT2D eigenvalue weighted by atomic mass is 10.0. The van der Waals surface area contributed by atoms with Crippen molar-refractivity contribution in [1.29, 1.82) is 0 Å². The summed E-state index contributed by atoms with van der Waals surface area (Å²) in [7, 11) is 0. The smallest absolute Gasteiger partial charge is 0.360 e. The van der Waals surface area contributed by atoms with Crippen LogP contribution in [0.4, 0.5) is 6.01 Å². The first-order chi connectivity index (χ1) is 8.79. The van der Waals surface area contributed by atoms with Gasteiger partial charge in [0.25, 0.3) is 6.01 Å². The molecule has 18 heavy (non-hydrogen) atoms. The Kier molecular flexibility index (Phi) is 4.92. The molecule has 1 aliphatic heterocycles. The first-order valence-electron chi connectivity index (χ1n) is 6.24. The monoisotopic (exact) mass is 270 g/mol. The van der Waals surface area contributed by atoms with Crippen LogP contribution in [-0.2, 0) is 4.74 Å². The van der Waals surface area contributed by atoms with Crippen LogP contribution >= 0.6 is 11.8 Å². The van der Waals surface area contributed by atoms with Gasteiger partial charge in [0, 0.05) is 6.54 Å². The van der Waals surface area contributed by atoms with E-state index in [1.54, 1.807) is 6.92 Å². The molecule has 2 heterocycles. The highest BCUT2D eigenvalue weighted by Crippen LogP contribution is 2.23. The number of rotatable bonds is 5. The van der Waals surface area contributed by atoms with Crippen molar-refractivity contribution in [3.8, 4) is 0 Å². The SMILES string of the molecule is CCOC(=O)c1coc(NCC2CCSCC2)n1. The summed E-state index contributed by atoms with van der Waals surface area (Å²) in [6.45, 7) is 2.95. The minimum atomic E-state index is -0.441. The highest BCUT2D eigenvalue weighted by molar-refractivity contribution is 7.99. The van der Waals surface area contributed by atoms with Crippen molar-refractivity contribution < 1.29 is 13.9 Å². The number of carbonyl (C=O) groups is 1. The molecule has 0 aromatic carbocycles. The molecular weight excluding hydrogens is 252 g/mol. The fourth-order valence-electron chi connectivity index (χ4n) is 1.84. The highest BCUT2D eigenvalue weighted by Gasteiger charge is 2.16. The maximum atomic E-state index is 11.4. The second-order valence-corrected chi connectivity index (χ2v) is 5.42. The Morgan fingerprint density at radius 1 is 1.61 bits per heavy atom.